The van der Waals surface area contributed by atoms with E-state index in [1.54, 1.807) is 12.1 Å². The molecule has 0 spiro atoms. The molecule has 11 heteroatoms. The van der Waals surface area contributed by atoms with Gasteiger partial charge in [0.1, 0.15) is 0 Å². The van der Waals surface area contributed by atoms with Crippen LogP contribution in [0.5, 0.6) is 0 Å². The van der Waals surface area contributed by atoms with E-state index in [1.165, 1.54) is 18.2 Å². The highest BCUT2D eigenvalue weighted by Crippen LogP contribution is 2.48. The highest BCUT2D eigenvalue weighted by Gasteiger charge is 2.56. The molecule has 0 fully saturated rings. The minimum absolute atomic E-state index is 0.0701. The van der Waals surface area contributed by atoms with Crippen LogP contribution in [0.3, 0.4) is 0 Å². The number of hydrogen-bond donors (Lipinski definition) is 3. The number of hydrogen-bond acceptors (Lipinski definition) is 3. The maximum absolute atomic E-state index is 14.1. The van der Waals surface area contributed by atoms with Crippen molar-refractivity contribution in [1.82, 2.24) is 0 Å². The van der Waals surface area contributed by atoms with E-state index < -0.39 is 28.8 Å². The highest BCUT2D eigenvalue weighted by molar-refractivity contribution is 9.11. The maximum Gasteiger partial charge on any atom is 0.425 e. The van der Waals surface area contributed by atoms with Crippen molar-refractivity contribution < 1.29 is 23.1 Å². The quantitative estimate of drug-likeness (QED) is 0.274. The number of alkyl halides is 3. The van der Waals surface area contributed by atoms with E-state index in [-0.39, 0.29) is 30.2 Å². The second-order valence-corrected chi connectivity index (χ2v) is 9.34. The van der Waals surface area contributed by atoms with Gasteiger partial charge in [-0.25, -0.2) is 0 Å². The van der Waals surface area contributed by atoms with Crippen LogP contribution in [0, 0.1) is 0 Å². The first-order valence-electron chi connectivity index (χ1n) is 8.75. The Morgan fingerprint density at radius 1 is 0.938 bits per heavy atom. The Morgan fingerprint density at radius 3 is 1.97 bits per heavy atom. The number of benzene rings is 3. The maximum atomic E-state index is 14.1. The minimum atomic E-state index is -5.12. The summed E-state index contributed by atoms with van der Waals surface area (Å²) in [6, 6.07) is 11.5. The van der Waals surface area contributed by atoms with Gasteiger partial charge >= 0.3 is 6.18 Å². The molecule has 0 heterocycles. The summed E-state index contributed by atoms with van der Waals surface area (Å²) in [5, 5.41) is 13.3. The predicted molar refractivity (Wildman–Crippen MR) is 126 cm³/mol. The molecule has 3 aromatic carbocycles. The van der Waals surface area contributed by atoms with E-state index in [0.717, 1.165) is 24.3 Å². The van der Waals surface area contributed by atoms with Crippen molar-refractivity contribution in [1.29, 1.82) is 0 Å². The van der Waals surface area contributed by atoms with Crippen molar-refractivity contribution >= 4 is 72.3 Å². The van der Waals surface area contributed by atoms with Crippen molar-refractivity contribution in [2.24, 2.45) is 0 Å². The summed E-state index contributed by atoms with van der Waals surface area (Å²) in [6.07, 6.45) is -5.12. The summed E-state index contributed by atoms with van der Waals surface area (Å²) in [7, 11) is 0. The van der Waals surface area contributed by atoms with Crippen LogP contribution in [0.15, 0.2) is 63.5 Å². The first-order chi connectivity index (χ1) is 14.8. The van der Waals surface area contributed by atoms with E-state index in [9.17, 15) is 23.1 Å². The van der Waals surface area contributed by atoms with Crippen LogP contribution < -0.4 is 11.1 Å². The van der Waals surface area contributed by atoms with Crippen LogP contribution >= 0.6 is 55.1 Å². The summed E-state index contributed by atoms with van der Waals surface area (Å²) >= 11 is 18.1. The van der Waals surface area contributed by atoms with Crippen molar-refractivity contribution in [2.75, 3.05) is 11.1 Å². The summed E-state index contributed by atoms with van der Waals surface area (Å²) in [6.45, 7) is 0. The van der Waals surface area contributed by atoms with Crippen LogP contribution in [-0.4, -0.2) is 17.2 Å². The smallest absolute Gasteiger partial charge is 0.399 e. The average Bonchev–Trinajstić information content (AvgIpc) is 2.68. The molecule has 0 aromatic heterocycles. The lowest BCUT2D eigenvalue weighted by molar-refractivity contribution is -0.248. The molecule has 0 bridgehead atoms. The highest BCUT2D eigenvalue weighted by atomic mass is 79.9. The second kappa shape index (κ2) is 9.23. The van der Waals surface area contributed by atoms with Gasteiger partial charge in [0.15, 0.2) is 0 Å². The molecular weight excluding hydrogens is 600 g/mol. The third-order valence-corrected chi connectivity index (χ3v) is 6.23. The Hall–Kier alpha value is -1.78. The van der Waals surface area contributed by atoms with Crippen molar-refractivity contribution in [2.45, 2.75) is 11.8 Å². The van der Waals surface area contributed by atoms with E-state index in [0.29, 0.717) is 5.69 Å². The van der Waals surface area contributed by atoms with Gasteiger partial charge in [0, 0.05) is 35.8 Å². The van der Waals surface area contributed by atoms with E-state index in [2.05, 4.69) is 37.2 Å². The molecule has 32 heavy (non-hydrogen) atoms. The van der Waals surface area contributed by atoms with E-state index >= 15 is 0 Å². The van der Waals surface area contributed by atoms with Gasteiger partial charge in [-0.15, -0.1) is 0 Å². The molecule has 3 aromatic rings. The Kier molecular flexibility index (Phi) is 7.17. The fraction of sp³-hybridized carbons (Fsp3) is 0.0952. The first kappa shape index (κ1) is 24.9. The number of anilines is 2. The molecule has 3 rings (SSSR count). The number of nitrogens with one attached hydrogen (secondary N) is 1. The standard InChI is InChI=1S/C21H13Br2Cl2F3N2O2/c22-16-7-12(20(32,21(26,27)28)11-5-13(24)9-14(25)6-11)8-17(23)18(16)30-19(31)10-2-1-3-15(29)4-10/h1-9,32H,29H2,(H,30,31). The fourth-order valence-electron chi connectivity index (χ4n) is 3.02. The summed E-state index contributed by atoms with van der Waals surface area (Å²) < 4.78 is 42.6. The fourth-order valence-corrected chi connectivity index (χ4v) is 4.93. The molecular formula is C21H13Br2Cl2F3N2O2. The lowest BCUT2D eigenvalue weighted by atomic mass is 9.85. The monoisotopic (exact) mass is 610 g/mol. The largest absolute Gasteiger partial charge is 0.425 e. The van der Waals surface area contributed by atoms with Gasteiger partial charge in [-0.1, -0.05) is 29.3 Å². The Balaban J connectivity index is 2.08. The van der Waals surface area contributed by atoms with Gasteiger partial charge in [0.25, 0.3) is 5.91 Å². The SMILES string of the molecule is Nc1cccc(C(=O)Nc2c(Br)cc(C(O)(c3cc(Cl)cc(Cl)c3)C(F)(F)F)cc2Br)c1. The lowest BCUT2D eigenvalue weighted by Gasteiger charge is -2.32. The molecule has 1 atom stereocenters. The van der Waals surface area contributed by atoms with Crippen molar-refractivity contribution in [3.05, 3.63) is 90.3 Å². The molecule has 0 aliphatic heterocycles. The average molecular weight is 613 g/mol. The molecule has 168 valence electrons. The summed E-state index contributed by atoms with van der Waals surface area (Å²) in [4.78, 5) is 12.5. The molecule has 4 nitrogen and oxygen atoms in total. The van der Waals surface area contributed by atoms with E-state index in [1.807, 2.05) is 0 Å². The Bertz CT molecular complexity index is 1160. The number of amides is 1. The number of carbonyl (C=O) groups is 1. The number of nitrogen functional groups attached to an aromatic ring is 1. The van der Waals surface area contributed by atoms with Gasteiger partial charge in [-0.05, 0) is 86.0 Å². The molecule has 0 radical (unpaired) electrons. The number of rotatable bonds is 4. The Labute approximate surface area is 207 Å². The third kappa shape index (κ3) is 4.92. The predicted octanol–water partition coefficient (Wildman–Crippen LogP) is 7.15. The summed E-state index contributed by atoms with van der Waals surface area (Å²) in [5.74, 6) is -0.529. The number of nitrogens with two attached hydrogens (primary N) is 1. The van der Waals surface area contributed by atoms with Gasteiger partial charge < -0.3 is 16.2 Å². The topological polar surface area (TPSA) is 75.4 Å². The second-order valence-electron chi connectivity index (χ2n) is 6.76. The zero-order chi connectivity index (χ0) is 23.8. The molecule has 0 aliphatic rings. The zero-order valence-corrected chi connectivity index (χ0v) is 20.5. The molecule has 0 aliphatic carbocycles. The Morgan fingerprint density at radius 2 is 1.47 bits per heavy atom. The van der Waals surface area contributed by atoms with Crippen LogP contribution in [0.1, 0.15) is 21.5 Å². The van der Waals surface area contributed by atoms with Crippen molar-refractivity contribution in [3.63, 3.8) is 0 Å². The number of carbonyl (C=O) groups excluding carboxylic acids is 1. The van der Waals surface area contributed by atoms with Gasteiger partial charge in [0.05, 0.1) is 5.69 Å². The van der Waals surface area contributed by atoms with Gasteiger partial charge in [0.2, 0.25) is 5.60 Å². The molecule has 4 N–H and O–H groups in total. The summed E-state index contributed by atoms with van der Waals surface area (Å²) in [5.41, 5.74) is 1.97. The third-order valence-electron chi connectivity index (χ3n) is 4.54. The van der Waals surface area contributed by atoms with E-state index in [4.69, 9.17) is 28.9 Å². The van der Waals surface area contributed by atoms with Crippen LogP contribution in [-0.2, 0) is 5.60 Å². The number of aliphatic hydroxyl groups is 1. The first-order valence-corrected chi connectivity index (χ1v) is 11.1. The zero-order valence-electron chi connectivity index (χ0n) is 15.8. The lowest BCUT2D eigenvalue weighted by Crippen LogP contribution is -2.43. The van der Waals surface area contributed by atoms with Crippen LogP contribution in [0.25, 0.3) is 0 Å². The van der Waals surface area contributed by atoms with Crippen LogP contribution in [0.4, 0.5) is 24.5 Å². The van der Waals surface area contributed by atoms with Crippen LogP contribution in [0.2, 0.25) is 10.0 Å². The van der Waals surface area contributed by atoms with Gasteiger partial charge in [-0.3, -0.25) is 4.79 Å². The molecule has 0 saturated carbocycles. The molecule has 1 amide bonds. The van der Waals surface area contributed by atoms with Gasteiger partial charge in [-0.2, -0.15) is 13.2 Å². The normalized spacial score (nSPS) is 13.5. The minimum Gasteiger partial charge on any atom is -0.399 e. The number of halogens is 7. The molecule has 0 saturated heterocycles. The van der Waals surface area contributed by atoms with Crippen molar-refractivity contribution in [3.8, 4) is 0 Å². The molecule has 1 unspecified atom stereocenters.